The molecule has 0 amide bonds. The molecular formula is C16H34CuI2N4O. The van der Waals surface area contributed by atoms with Gasteiger partial charge in [-0.05, 0) is 77.5 Å². The minimum absolute atomic E-state index is 0. The van der Waals surface area contributed by atoms with Crippen molar-refractivity contribution in [2.24, 2.45) is 0 Å². The van der Waals surface area contributed by atoms with Gasteiger partial charge in [-0.1, -0.05) is 0 Å². The first-order valence-electron chi connectivity index (χ1n) is 8.87. The molecule has 149 valence electrons. The van der Waals surface area contributed by atoms with Gasteiger partial charge in [-0.15, -0.1) is 0 Å². The molecule has 4 atom stereocenters. The van der Waals surface area contributed by atoms with Crippen LogP contribution < -0.4 is 69.2 Å². The Labute approximate surface area is 192 Å². The van der Waals surface area contributed by atoms with Crippen molar-refractivity contribution in [3.8, 4) is 0 Å². The maximum atomic E-state index is 3.56. The Balaban J connectivity index is 0. The van der Waals surface area contributed by atoms with Gasteiger partial charge in [0.05, 0.1) is 0 Å². The van der Waals surface area contributed by atoms with Gasteiger partial charge in [0.2, 0.25) is 0 Å². The van der Waals surface area contributed by atoms with E-state index in [0.29, 0.717) is 0 Å². The summed E-state index contributed by atoms with van der Waals surface area (Å²) in [5, 5.41) is 14.2. The van der Waals surface area contributed by atoms with Gasteiger partial charge in [0.15, 0.2) is 0 Å². The fourth-order valence-corrected chi connectivity index (χ4v) is 4.22. The molecule has 4 heterocycles. The molecule has 0 aliphatic carbocycles. The molecule has 0 aromatic rings. The molecule has 0 aromatic carbocycles. The van der Waals surface area contributed by atoms with Gasteiger partial charge in [0.1, 0.15) is 0 Å². The number of hydrogen-bond donors (Lipinski definition) is 4. The maximum absolute atomic E-state index is 3.56. The molecule has 4 aliphatic rings. The van der Waals surface area contributed by atoms with E-state index in [1.165, 1.54) is 77.5 Å². The molecule has 1 radical (unpaired) electrons. The van der Waals surface area contributed by atoms with E-state index in [-0.39, 0.29) is 70.5 Å². The molecular weight excluding hydrogens is 582 g/mol. The molecule has 6 N–H and O–H groups in total. The van der Waals surface area contributed by atoms with E-state index in [1.807, 2.05) is 0 Å². The summed E-state index contributed by atoms with van der Waals surface area (Å²) < 4.78 is 0. The molecule has 0 spiro atoms. The van der Waals surface area contributed by atoms with Crippen LogP contribution in [0.2, 0.25) is 0 Å². The van der Waals surface area contributed by atoms with Gasteiger partial charge in [-0.2, -0.15) is 0 Å². The zero-order valence-corrected chi connectivity index (χ0v) is 19.6. The predicted octanol–water partition coefficient (Wildman–Crippen LogP) is -5.84. The SMILES string of the molecule is C1CN[C@H]2CCCN[C@H]2C1.C1CN[C@H]2CCCN[C@H]2C1.O.[Cu+2].[I-].[I-]. The van der Waals surface area contributed by atoms with E-state index in [2.05, 4.69) is 21.3 Å². The number of piperidine rings is 4. The average Bonchev–Trinajstić information content (AvgIpc) is 2.56. The van der Waals surface area contributed by atoms with Crippen LogP contribution in [0.25, 0.3) is 0 Å². The minimum Gasteiger partial charge on any atom is -1.00 e. The van der Waals surface area contributed by atoms with Crippen molar-refractivity contribution in [2.75, 3.05) is 26.2 Å². The molecule has 4 fully saturated rings. The van der Waals surface area contributed by atoms with Crippen LogP contribution in [0.3, 0.4) is 0 Å². The van der Waals surface area contributed by atoms with Gasteiger partial charge in [-0.25, -0.2) is 0 Å². The molecule has 0 aromatic heterocycles. The van der Waals surface area contributed by atoms with Crippen molar-refractivity contribution in [3.63, 3.8) is 0 Å². The van der Waals surface area contributed by atoms with Gasteiger partial charge >= 0.3 is 17.1 Å². The van der Waals surface area contributed by atoms with E-state index in [0.717, 1.165) is 24.2 Å². The summed E-state index contributed by atoms with van der Waals surface area (Å²) in [6.07, 6.45) is 11.0. The molecule has 0 bridgehead atoms. The van der Waals surface area contributed by atoms with Crippen LogP contribution in [0.4, 0.5) is 0 Å². The summed E-state index contributed by atoms with van der Waals surface area (Å²) in [6.45, 7) is 4.96. The average molecular weight is 616 g/mol. The fourth-order valence-electron chi connectivity index (χ4n) is 4.22. The first-order valence-corrected chi connectivity index (χ1v) is 8.87. The summed E-state index contributed by atoms with van der Waals surface area (Å²) in [6, 6.07) is 3.18. The summed E-state index contributed by atoms with van der Waals surface area (Å²) in [4.78, 5) is 0. The quantitative estimate of drug-likeness (QED) is 0.162. The number of halogens is 2. The Kier molecular flexibility index (Phi) is 18.4. The topological polar surface area (TPSA) is 79.6 Å². The van der Waals surface area contributed by atoms with Crippen molar-refractivity contribution in [2.45, 2.75) is 75.5 Å². The normalized spacial score (nSPS) is 34.0. The summed E-state index contributed by atoms with van der Waals surface area (Å²) in [7, 11) is 0. The molecule has 8 heteroatoms. The van der Waals surface area contributed by atoms with Gasteiger partial charge in [0, 0.05) is 24.2 Å². The third kappa shape index (κ3) is 8.65. The van der Waals surface area contributed by atoms with Gasteiger partial charge in [-0.3, -0.25) is 0 Å². The molecule has 0 saturated carbocycles. The second-order valence-corrected chi connectivity index (χ2v) is 6.81. The van der Waals surface area contributed by atoms with Gasteiger partial charge in [0.25, 0.3) is 0 Å². The van der Waals surface area contributed by atoms with Crippen LogP contribution in [0.5, 0.6) is 0 Å². The van der Waals surface area contributed by atoms with Crippen LogP contribution in [0.15, 0.2) is 0 Å². The Morgan fingerprint density at radius 3 is 0.875 bits per heavy atom. The predicted molar refractivity (Wildman–Crippen MR) is 87.7 cm³/mol. The smallest absolute Gasteiger partial charge is 1.00 e. The van der Waals surface area contributed by atoms with Gasteiger partial charge < -0.3 is 74.7 Å². The van der Waals surface area contributed by atoms with Crippen molar-refractivity contribution < 1.29 is 70.5 Å². The maximum Gasteiger partial charge on any atom is 2.00 e. The van der Waals surface area contributed by atoms with Crippen LogP contribution >= 0.6 is 0 Å². The van der Waals surface area contributed by atoms with Crippen molar-refractivity contribution in [1.82, 2.24) is 21.3 Å². The van der Waals surface area contributed by atoms with E-state index in [4.69, 9.17) is 0 Å². The molecule has 5 nitrogen and oxygen atoms in total. The molecule has 24 heavy (non-hydrogen) atoms. The molecule has 0 unspecified atom stereocenters. The number of hydrogen-bond acceptors (Lipinski definition) is 4. The fraction of sp³-hybridized carbons (Fsp3) is 1.00. The standard InChI is InChI=1S/2C8H16N2.Cu.2HI.H2O/c2*1-3-7-8(9-5-1)4-2-6-10-7;;;;/h2*7-10H,1-6H2;;2*1H;1H2/q;;+2;;;/p-2/t2*7-,8-;;;;/m00..../s1. The minimum atomic E-state index is 0. The van der Waals surface area contributed by atoms with E-state index >= 15 is 0 Å². The number of rotatable bonds is 0. The monoisotopic (exact) mass is 615 g/mol. The first kappa shape index (κ1) is 28.0. The Morgan fingerprint density at radius 1 is 0.458 bits per heavy atom. The van der Waals surface area contributed by atoms with Crippen molar-refractivity contribution in [1.29, 1.82) is 0 Å². The van der Waals surface area contributed by atoms with Crippen molar-refractivity contribution >= 4 is 0 Å². The summed E-state index contributed by atoms with van der Waals surface area (Å²) >= 11 is 0. The van der Waals surface area contributed by atoms with E-state index in [1.54, 1.807) is 0 Å². The third-order valence-corrected chi connectivity index (χ3v) is 5.37. The largest absolute Gasteiger partial charge is 2.00 e. The molecule has 4 rings (SSSR count). The Morgan fingerprint density at radius 2 is 0.667 bits per heavy atom. The Bertz CT molecular complexity index is 225. The zero-order chi connectivity index (χ0) is 13.6. The van der Waals surface area contributed by atoms with Crippen LogP contribution in [-0.2, 0) is 17.1 Å². The third-order valence-electron chi connectivity index (χ3n) is 5.37. The molecule has 4 aliphatic heterocycles. The first-order chi connectivity index (χ1) is 9.93. The summed E-state index contributed by atoms with van der Waals surface area (Å²) in [5.41, 5.74) is 0. The second-order valence-electron chi connectivity index (χ2n) is 6.81. The van der Waals surface area contributed by atoms with E-state index < -0.39 is 0 Å². The van der Waals surface area contributed by atoms with E-state index in [9.17, 15) is 0 Å². The van der Waals surface area contributed by atoms with Crippen LogP contribution in [0, 0.1) is 0 Å². The van der Waals surface area contributed by atoms with Crippen LogP contribution in [0.1, 0.15) is 51.4 Å². The van der Waals surface area contributed by atoms with Crippen molar-refractivity contribution in [3.05, 3.63) is 0 Å². The number of nitrogens with one attached hydrogen (secondary N) is 4. The number of fused-ring (bicyclic) bond motifs is 2. The molecule has 4 saturated heterocycles. The zero-order valence-electron chi connectivity index (χ0n) is 14.4. The Hall–Kier alpha value is 1.78. The summed E-state index contributed by atoms with van der Waals surface area (Å²) in [5.74, 6) is 0. The van der Waals surface area contributed by atoms with Crippen LogP contribution in [-0.4, -0.2) is 55.8 Å². The second kappa shape index (κ2) is 15.8.